The van der Waals surface area contributed by atoms with E-state index < -0.39 is 10.0 Å². The monoisotopic (exact) mass is 302 g/mol. The third-order valence-electron chi connectivity index (χ3n) is 4.06. The topological polar surface area (TPSA) is 66.5 Å². The Balaban J connectivity index is 1.70. The highest BCUT2D eigenvalue weighted by Crippen LogP contribution is 2.32. The van der Waals surface area contributed by atoms with E-state index in [4.69, 9.17) is 0 Å². The van der Waals surface area contributed by atoms with Crippen molar-refractivity contribution < 1.29 is 13.2 Å². The van der Waals surface area contributed by atoms with Crippen LogP contribution in [0.3, 0.4) is 0 Å². The van der Waals surface area contributed by atoms with Crippen LogP contribution in [0.2, 0.25) is 0 Å². The summed E-state index contributed by atoms with van der Waals surface area (Å²) in [5.41, 5.74) is 0. The molecule has 1 heterocycles. The number of nitrogens with one attached hydrogen (secondary N) is 1. The number of piperidine rings is 1. The van der Waals surface area contributed by atoms with Gasteiger partial charge in [0.1, 0.15) is 0 Å². The second-order valence-corrected chi connectivity index (χ2v) is 8.70. The lowest BCUT2D eigenvalue weighted by molar-refractivity contribution is -0.122. The van der Waals surface area contributed by atoms with Gasteiger partial charge in [0.2, 0.25) is 15.9 Å². The molecule has 2 fully saturated rings. The van der Waals surface area contributed by atoms with Gasteiger partial charge in [-0.05, 0) is 37.5 Å². The van der Waals surface area contributed by atoms with Crippen LogP contribution in [0, 0.1) is 11.8 Å². The summed E-state index contributed by atoms with van der Waals surface area (Å²) in [5, 5.41) is 2.86. The Hall–Kier alpha value is -0.620. The first-order chi connectivity index (χ1) is 9.39. The molecular formula is C14H26N2O3S. The van der Waals surface area contributed by atoms with E-state index >= 15 is 0 Å². The van der Waals surface area contributed by atoms with Crippen molar-refractivity contribution in [2.24, 2.45) is 11.8 Å². The van der Waals surface area contributed by atoms with E-state index in [0.717, 1.165) is 25.7 Å². The van der Waals surface area contributed by atoms with Crippen LogP contribution < -0.4 is 5.32 Å². The number of carbonyl (C=O) groups is 1. The largest absolute Gasteiger partial charge is 0.356 e. The highest BCUT2D eigenvalue weighted by molar-refractivity contribution is 7.90. The van der Waals surface area contributed by atoms with E-state index in [-0.39, 0.29) is 11.2 Å². The Morgan fingerprint density at radius 3 is 2.30 bits per heavy atom. The summed E-state index contributed by atoms with van der Waals surface area (Å²) >= 11 is 0. The summed E-state index contributed by atoms with van der Waals surface area (Å²) in [7, 11) is -3.01. The molecule has 1 aliphatic heterocycles. The summed E-state index contributed by atoms with van der Waals surface area (Å²) in [4.78, 5) is 11.6. The molecule has 1 aliphatic carbocycles. The minimum Gasteiger partial charge on any atom is -0.356 e. The maximum absolute atomic E-state index is 12.1. The van der Waals surface area contributed by atoms with Gasteiger partial charge in [-0.2, -0.15) is 0 Å². The Kier molecular flexibility index (Phi) is 5.07. The third kappa shape index (κ3) is 4.19. The first kappa shape index (κ1) is 15.8. The first-order valence-electron chi connectivity index (χ1n) is 7.65. The predicted molar refractivity (Wildman–Crippen MR) is 78.7 cm³/mol. The van der Waals surface area contributed by atoms with Gasteiger partial charge >= 0.3 is 0 Å². The molecule has 0 atom stereocenters. The zero-order chi connectivity index (χ0) is 14.8. The Morgan fingerprint density at radius 2 is 1.80 bits per heavy atom. The molecule has 1 amide bonds. The summed E-state index contributed by atoms with van der Waals surface area (Å²) < 4.78 is 25.8. The normalized spacial score (nSPS) is 22.1. The summed E-state index contributed by atoms with van der Waals surface area (Å²) in [6.07, 6.45) is 3.93. The van der Waals surface area contributed by atoms with Crippen LogP contribution in [-0.4, -0.2) is 43.5 Å². The lowest BCUT2D eigenvalue weighted by Crippen LogP contribution is -2.42. The van der Waals surface area contributed by atoms with Gasteiger partial charge in [-0.3, -0.25) is 4.79 Å². The van der Waals surface area contributed by atoms with Crippen LogP contribution >= 0.6 is 0 Å². The maximum atomic E-state index is 12.1. The summed E-state index contributed by atoms with van der Waals surface area (Å²) in [6, 6.07) is 0. The molecular weight excluding hydrogens is 276 g/mol. The van der Waals surface area contributed by atoms with Crippen molar-refractivity contribution in [1.29, 1.82) is 0 Å². The molecule has 0 aromatic heterocycles. The fourth-order valence-corrected chi connectivity index (χ4v) is 4.52. The number of nitrogens with zero attached hydrogens (tertiary/aromatic N) is 1. The van der Waals surface area contributed by atoms with Gasteiger partial charge in [0, 0.05) is 26.1 Å². The van der Waals surface area contributed by atoms with Crippen molar-refractivity contribution in [1.82, 2.24) is 9.62 Å². The van der Waals surface area contributed by atoms with Gasteiger partial charge in [0.05, 0.1) is 5.25 Å². The maximum Gasteiger partial charge on any atom is 0.220 e. The van der Waals surface area contributed by atoms with Gasteiger partial charge in [0.25, 0.3) is 0 Å². The highest BCUT2D eigenvalue weighted by Gasteiger charge is 2.41. The summed E-state index contributed by atoms with van der Waals surface area (Å²) in [6.45, 7) is 5.97. The zero-order valence-electron chi connectivity index (χ0n) is 12.5. The molecule has 0 aromatic carbocycles. The molecule has 1 saturated carbocycles. The predicted octanol–water partition coefficient (Wildman–Crippen LogP) is 1.35. The summed E-state index contributed by atoms with van der Waals surface area (Å²) in [5.74, 6) is 0.894. The van der Waals surface area contributed by atoms with Crippen LogP contribution in [0.15, 0.2) is 0 Å². The van der Waals surface area contributed by atoms with Crippen molar-refractivity contribution in [2.75, 3.05) is 19.6 Å². The van der Waals surface area contributed by atoms with E-state index in [1.54, 1.807) is 4.31 Å². The van der Waals surface area contributed by atoms with Crippen molar-refractivity contribution in [3.8, 4) is 0 Å². The number of sulfonamides is 1. The molecule has 6 heteroatoms. The molecule has 1 N–H and O–H groups in total. The zero-order valence-corrected chi connectivity index (χ0v) is 13.3. The Morgan fingerprint density at radius 1 is 1.20 bits per heavy atom. The van der Waals surface area contributed by atoms with Gasteiger partial charge in [-0.25, -0.2) is 12.7 Å². The van der Waals surface area contributed by atoms with Gasteiger partial charge in [-0.15, -0.1) is 0 Å². The molecule has 1 saturated heterocycles. The molecule has 0 bridgehead atoms. The SMILES string of the molecule is CC(C)CC(=O)NCC1CCN(S(=O)(=O)C2CC2)CC1. The molecule has 2 rings (SSSR count). The van der Waals surface area contributed by atoms with Crippen LogP contribution in [0.25, 0.3) is 0 Å². The first-order valence-corrected chi connectivity index (χ1v) is 9.15. The van der Waals surface area contributed by atoms with E-state index in [9.17, 15) is 13.2 Å². The quantitative estimate of drug-likeness (QED) is 0.805. The molecule has 5 nitrogen and oxygen atoms in total. The van der Waals surface area contributed by atoms with Crippen LogP contribution in [0.5, 0.6) is 0 Å². The van der Waals surface area contributed by atoms with Crippen LogP contribution in [0.1, 0.15) is 46.0 Å². The number of rotatable bonds is 6. The fourth-order valence-electron chi connectivity index (χ4n) is 2.65. The number of carbonyl (C=O) groups excluding carboxylic acids is 1. The minimum atomic E-state index is -3.01. The second-order valence-electron chi connectivity index (χ2n) is 6.49. The van der Waals surface area contributed by atoms with E-state index in [2.05, 4.69) is 5.32 Å². The second kappa shape index (κ2) is 6.43. The van der Waals surface area contributed by atoms with E-state index in [0.29, 0.717) is 37.9 Å². The van der Waals surface area contributed by atoms with Crippen LogP contribution in [-0.2, 0) is 14.8 Å². The molecule has 116 valence electrons. The number of amides is 1. The molecule has 2 aliphatic rings. The Labute approximate surface area is 122 Å². The fraction of sp³-hybridized carbons (Fsp3) is 0.929. The van der Waals surface area contributed by atoms with Crippen molar-refractivity contribution in [2.45, 2.75) is 51.2 Å². The molecule has 0 radical (unpaired) electrons. The minimum absolute atomic E-state index is 0.105. The van der Waals surface area contributed by atoms with E-state index in [1.807, 2.05) is 13.8 Å². The average Bonchev–Trinajstić information content (AvgIpc) is 3.20. The average molecular weight is 302 g/mol. The number of hydrogen-bond donors (Lipinski definition) is 1. The molecule has 20 heavy (non-hydrogen) atoms. The van der Waals surface area contributed by atoms with Crippen molar-refractivity contribution in [3.05, 3.63) is 0 Å². The molecule has 0 aromatic rings. The Bertz CT molecular complexity index is 435. The molecule has 0 unspecified atom stereocenters. The highest BCUT2D eigenvalue weighted by atomic mass is 32.2. The van der Waals surface area contributed by atoms with Gasteiger partial charge < -0.3 is 5.32 Å². The van der Waals surface area contributed by atoms with Crippen molar-refractivity contribution >= 4 is 15.9 Å². The third-order valence-corrected chi connectivity index (χ3v) is 6.46. The van der Waals surface area contributed by atoms with Gasteiger partial charge in [0.15, 0.2) is 0 Å². The van der Waals surface area contributed by atoms with E-state index in [1.165, 1.54) is 0 Å². The van der Waals surface area contributed by atoms with Crippen molar-refractivity contribution in [3.63, 3.8) is 0 Å². The smallest absolute Gasteiger partial charge is 0.220 e. The molecule has 0 spiro atoms. The lowest BCUT2D eigenvalue weighted by Gasteiger charge is -2.31. The number of hydrogen-bond acceptors (Lipinski definition) is 3. The lowest BCUT2D eigenvalue weighted by atomic mass is 9.98. The van der Waals surface area contributed by atoms with Crippen LogP contribution in [0.4, 0.5) is 0 Å². The van der Waals surface area contributed by atoms with Gasteiger partial charge in [-0.1, -0.05) is 13.8 Å². The standard InChI is InChI=1S/C14H26N2O3S/c1-11(2)9-14(17)15-10-12-5-7-16(8-6-12)20(18,19)13-3-4-13/h11-13H,3-10H2,1-2H3,(H,15,17).